The number of hydrogen-bond donors (Lipinski definition) is 0. The Morgan fingerprint density at radius 1 is 0.600 bits per heavy atom. The smallest absolute Gasteiger partial charge is 0.137 e. The summed E-state index contributed by atoms with van der Waals surface area (Å²) < 4.78 is 10.6. The van der Waals surface area contributed by atoms with Crippen LogP contribution in [-0.2, 0) is 0 Å². The lowest BCUT2D eigenvalue weighted by Gasteiger charge is -2.09. The van der Waals surface area contributed by atoms with Crippen LogP contribution in [0.5, 0.6) is 11.5 Å². The van der Waals surface area contributed by atoms with E-state index < -0.39 is 0 Å². The number of ether oxygens (including phenoxy) is 1. The van der Waals surface area contributed by atoms with Gasteiger partial charge in [-0.3, -0.25) is 4.57 Å². The number of imidazole rings is 1. The lowest BCUT2D eigenvalue weighted by molar-refractivity contribution is 0.483. The van der Waals surface area contributed by atoms with Crippen LogP contribution in [0, 0.1) is 0 Å². The standard InChI is InChI=1S/C30H20N4O/c1-2-11-26-24(10-1)25-15-14-23(19-28(25)34(26)29-13-3-5-16-31-29)35-22-9-7-8-21(18-22)30-27-12-4-6-17-33(27)20-32-30/h1-20H. The highest BCUT2D eigenvalue weighted by Gasteiger charge is 2.14. The van der Waals surface area contributed by atoms with Crippen molar-refractivity contribution in [3.05, 3.63) is 122 Å². The average Bonchev–Trinajstić information content (AvgIpc) is 3.48. The zero-order valence-electron chi connectivity index (χ0n) is 18.7. The van der Waals surface area contributed by atoms with Crippen molar-refractivity contribution in [3.8, 4) is 28.6 Å². The second kappa shape index (κ2) is 7.85. The molecule has 5 heteroatoms. The van der Waals surface area contributed by atoms with Crippen molar-refractivity contribution in [1.82, 2.24) is 18.9 Å². The molecular formula is C30H20N4O. The van der Waals surface area contributed by atoms with Gasteiger partial charge in [0.15, 0.2) is 0 Å². The molecule has 0 saturated carbocycles. The fraction of sp³-hybridized carbons (Fsp3) is 0. The van der Waals surface area contributed by atoms with E-state index in [1.807, 2.05) is 77.7 Å². The highest BCUT2D eigenvalue weighted by atomic mass is 16.5. The van der Waals surface area contributed by atoms with Crippen molar-refractivity contribution < 1.29 is 4.74 Å². The number of benzene rings is 3. The monoisotopic (exact) mass is 452 g/mol. The van der Waals surface area contributed by atoms with E-state index in [4.69, 9.17) is 4.74 Å². The predicted octanol–water partition coefficient (Wildman–Crippen LogP) is 7.29. The summed E-state index contributed by atoms with van der Waals surface area (Å²) in [5.74, 6) is 2.41. The van der Waals surface area contributed by atoms with Crippen LogP contribution in [-0.4, -0.2) is 18.9 Å². The quantitative estimate of drug-likeness (QED) is 0.282. The zero-order chi connectivity index (χ0) is 23.2. The lowest BCUT2D eigenvalue weighted by Crippen LogP contribution is -1.96. The first-order valence-corrected chi connectivity index (χ1v) is 11.5. The molecule has 35 heavy (non-hydrogen) atoms. The average molecular weight is 453 g/mol. The highest BCUT2D eigenvalue weighted by molar-refractivity contribution is 6.09. The van der Waals surface area contributed by atoms with Gasteiger partial charge in [0.25, 0.3) is 0 Å². The number of rotatable bonds is 4. The summed E-state index contributed by atoms with van der Waals surface area (Å²) in [5, 5.41) is 2.35. The van der Waals surface area contributed by atoms with E-state index in [9.17, 15) is 0 Å². The number of hydrogen-bond acceptors (Lipinski definition) is 3. The second-order valence-corrected chi connectivity index (χ2v) is 8.44. The third kappa shape index (κ3) is 3.25. The minimum Gasteiger partial charge on any atom is -0.457 e. The Labute approximate surface area is 201 Å². The topological polar surface area (TPSA) is 44.4 Å². The molecule has 7 aromatic rings. The molecule has 5 nitrogen and oxygen atoms in total. The molecule has 0 aliphatic carbocycles. The Bertz CT molecular complexity index is 1830. The lowest BCUT2D eigenvalue weighted by atomic mass is 10.1. The second-order valence-electron chi connectivity index (χ2n) is 8.44. The van der Waals surface area contributed by atoms with Gasteiger partial charge < -0.3 is 9.14 Å². The van der Waals surface area contributed by atoms with Crippen LogP contribution < -0.4 is 4.74 Å². The van der Waals surface area contributed by atoms with Crippen LogP contribution in [0.4, 0.5) is 0 Å². The van der Waals surface area contributed by atoms with E-state index in [1.54, 1.807) is 0 Å². The molecule has 0 aliphatic heterocycles. The summed E-state index contributed by atoms with van der Waals surface area (Å²) in [6, 6.07) is 34.8. The van der Waals surface area contributed by atoms with Crippen molar-refractivity contribution in [2.75, 3.05) is 0 Å². The van der Waals surface area contributed by atoms with E-state index >= 15 is 0 Å². The molecular weight excluding hydrogens is 432 g/mol. The number of pyridine rings is 2. The van der Waals surface area contributed by atoms with Crippen molar-refractivity contribution in [2.45, 2.75) is 0 Å². The van der Waals surface area contributed by atoms with Gasteiger partial charge in [-0.15, -0.1) is 0 Å². The van der Waals surface area contributed by atoms with Crippen LogP contribution in [0.1, 0.15) is 0 Å². The van der Waals surface area contributed by atoms with Crippen molar-refractivity contribution in [3.63, 3.8) is 0 Å². The Morgan fingerprint density at radius 2 is 1.43 bits per heavy atom. The number of aromatic nitrogens is 4. The molecule has 0 bridgehead atoms. The molecule has 0 amide bonds. The van der Waals surface area contributed by atoms with Gasteiger partial charge in [0.2, 0.25) is 0 Å². The maximum absolute atomic E-state index is 6.36. The Hall–Kier alpha value is -4.90. The van der Waals surface area contributed by atoms with E-state index in [2.05, 4.69) is 63.1 Å². The van der Waals surface area contributed by atoms with Crippen molar-refractivity contribution in [1.29, 1.82) is 0 Å². The van der Waals surface area contributed by atoms with E-state index in [1.165, 1.54) is 5.39 Å². The number of nitrogens with zero attached hydrogens (tertiary/aromatic N) is 4. The third-order valence-electron chi connectivity index (χ3n) is 6.31. The SMILES string of the molecule is c1ccc(-n2c3ccccc3c3ccc(Oc4cccc(-c5ncn6ccccc56)c4)cc32)nc1. The summed E-state index contributed by atoms with van der Waals surface area (Å²) in [7, 11) is 0. The molecule has 0 fully saturated rings. The molecule has 0 radical (unpaired) electrons. The van der Waals surface area contributed by atoms with Gasteiger partial charge in [-0.25, -0.2) is 9.97 Å². The van der Waals surface area contributed by atoms with Gasteiger partial charge >= 0.3 is 0 Å². The zero-order valence-corrected chi connectivity index (χ0v) is 18.7. The van der Waals surface area contributed by atoms with Crippen LogP contribution >= 0.6 is 0 Å². The van der Waals surface area contributed by atoms with Gasteiger partial charge in [-0.2, -0.15) is 0 Å². The minimum absolute atomic E-state index is 0.763. The van der Waals surface area contributed by atoms with Crippen LogP contribution in [0.25, 0.3) is 44.4 Å². The third-order valence-corrected chi connectivity index (χ3v) is 6.31. The number of fused-ring (bicyclic) bond motifs is 4. The van der Waals surface area contributed by atoms with E-state index in [0.717, 1.165) is 50.5 Å². The maximum atomic E-state index is 6.36. The highest BCUT2D eigenvalue weighted by Crippen LogP contribution is 2.35. The fourth-order valence-electron chi connectivity index (χ4n) is 4.76. The predicted molar refractivity (Wildman–Crippen MR) is 139 cm³/mol. The van der Waals surface area contributed by atoms with Gasteiger partial charge in [0, 0.05) is 34.8 Å². The molecule has 0 unspecified atom stereocenters. The molecule has 0 spiro atoms. The molecule has 0 N–H and O–H groups in total. The molecule has 4 heterocycles. The van der Waals surface area contributed by atoms with Crippen molar-refractivity contribution in [2.24, 2.45) is 0 Å². The van der Waals surface area contributed by atoms with Gasteiger partial charge in [0.1, 0.15) is 17.3 Å². The van der Waals surface area contributed by atoms with Gasteiger partial charge in [-0.05, 0) is 54.6 Å². The summed E-state index contributed by atoms with van der Waals surface area (Å²) in [5.41, 5.74) is 5.18. The van der Waals surface area contributed by atoms with E-state index in [0.29, 0.717) is 0 Å². The van der Waals surface area contributed by atoms with Crippen LogP contribution in [0.3, 0.4) is 0 Å². The largest absolute Gasteiger partial charge is 0.457 e. The maximum Gasteiger partial charge on any atom is 0.137 e. The Balaban J connectivity index is 1.32. The first-order valence-electron chi connectivity index (χ1n) is 11.5. The van der Waals surface area contributed by atoms with E-state index in [-0.39, 0.29) is 0 Å². The molecule has 7 rings (SSSR count). The molecule has 4 aromatic heterocycles. The molecule has 166 valence electrons. The molecule has 3 aromatic carbocycles. The molecule has 0 atom stereocenters. The van der Waals surface area contributed by atoms with Gasteiger partial charge in [-0.1, -0.05) is 42.5 Å². The summed E-state index contributed by atoms with van der Waals surface area (Å²) >= 11 is 0. The summed E-state index contributed by atoms with van der Waals surface area (Å²) in [6.45, 7) is 0. The summed E-state index contributed by atoms with van der Waals surface area (Å²) in [6.07, 6.45) is 5.66. The van der Waals surface area contributed by atoms with Crippen LogP contribution in [0.15, 0.2) is 122 Å². The number of para-hydroxylation sites is 1. The van der Waals surface area contributed by atoms with Gasteiger partial charge in [0.05, 0.1) is 28.6 Å². The Kier molecular flexibility index (Phi) is 4.39. The first-order chi connectivity index (χ1) is 17.3. The normalized spacial score (nSPS) is 11.4. The Morgan fingerprint density at radius 3 is 2.37 bits per heavy atom. The molecule has 0 saturated heterocycles. The fourth-order valence-corrected chi connectivity index (χ4v) is 4.76. The minimum atomic E-state index is 0.763. The van der Waals surface area contributed by atoms with Crippen LogP contribution in [0.2, 0.25) is 0 Å². The summed E-state index contributed by atoms with van der Waals surface area (Å²) in [4.78, 5) is 9.23. The first kappa shape index (κ1) is 19.6. The van der Waals surface area contributed by atoms with Crippen molar-refractivity contribution >= 4 is 27.3 Å². The molecule has 0 aliphatic rings.